The van der Waals surface area contributed by atoms with Crippen molar-refractivity contribution in [2.24, 2.45) is 0 Å². The second kappa shape index (κ2) is 8.90. The Kier molecular flexibility index (Phi) is 1.74. The van der Waals surface area contributed by atoms with E-state index in [0.29, 0.717) is 0 Å². The molecular formula is C26H38N2O6. The molecule has 0 bridgehead atoms. The zero-order chi connectivity index (χ0) is 54.7. The van der Waals surface area contributed by atoms with Gasteiger partial charge in [-0.25, -0.2) is 9.59 Å². The maximum atomic E-state index is 14.2. The van der Waals surface area contributed by atoms with Crippen LogP contribution >= 0.6 is 0 Å². The van der Waals surface area contributed by atoms with Crippen LogP contribution in [0.5, 0.6) is 0 Å². The van der Waals surface area contributed by atoms with Crippen molar-refractivity contribution in [2.75, 3.05) is 0 Å². The first-order valence-corrected chi connectivity index (χ1v) is 8.81. The molecule has 34 heavy (non-hydrogen) atoms. The largest absolute Gasteiger partial charge is 0.459 e. The highest BCUT2D eigenvalue weighted by Gasteiger charge is 2.48. The zero-order valence-electron chi connectivity index (χ0n) is 50.7. The minimum absolute atomic E-state index is 0.280. The third-order valence-corrected chi connectivity index (χ3v) is 4.14. The Labute approximate surface area is 250 Å². The zero-order valence-corrected chi connectivity index (χ0v) is 16.7. The highest BCUT2D eigenvalue weighted by molar-refractivity contribution is 5.93. The van der Waals surface area contributed by atoms with Gasteiger partial charge in [0.25, 0.3) is 0 Å². The summed E-state index contributed by atoms with van der Waals surface area (Å²) in [6, 6.07) is 1.12. The number of nitrogens with zero attached hydrogens (tertiary/aromatic N) is 2. The van der Waals surface area contributed by atoms with Gasteiger partial charge >= 0.3 is 11.9 Å². The predicted octanol–water partition coefficient (Wildman–Crippen LogP) is 4.73. The lowest BCUT2D eigenvalue weighted by molar-refractivity contribution is -0.298. The van der Waals surface area contributed by atoms with Gasteiger partial charge in [0, 0.05) is 91.5 Å². The van der Waals surface area contributed by atoms with Gasteiger partial charge in [-0.3, -0.25) is 0 Å². The minimum Gasteiger partial charge on any atom is -0.459 e. The van der Waals surface area contributed by atoms with Crippen LogP contribution in [0.3, 0.4) is 0 Å². The van der Waals surface area contributed by atoms with Gasteiger partial charge in [0.15, 0.2) is 0 Å². The second-order valence-electron chi connectivity index (χ2n) is 6.95. The lowest BCUT2D eigenvalue weighted by Gasteiger charge is -2.49. The molecule has 0 unspecified atom stereocenters. The van der Waals surface area contributed by atoms with Gasteiger partial charge in [-0.05, 0) is 79.1 Å². The van der Waals surface area contributed by atoms with Gasteiger partial charge in [-0.2, -0.15) is 0 Å². The van der Waals surface area contributed by atoms with Crippen molar-refractivity contribution in [1.82, 2.24) is 10.1 Å². The first-order valence-electron chi connectivity index (χ1n) is 25.8. The van der Waals surface area contributed by atoms with E-state index in [9.17, 15) is 20.0 Å². The molecule has 2 aliphatic rings. The number of esters is 2. The Morgan fingerprint density at radius 3 is 1.24 bits per heavy atom. The molecule has 2 saturated heterocycles. The van der Waals surface area contributed by atoms with E-state index in [4.69, 9.17) is 56.1 Å². The molecule has 0 spiro atoms. The summed E-state index contributed by atoms with van der Waals surface area (Å²) in [6.07, 6.45) is -30.1. The normalized spacial score (nSPS) is 50.5. The number of piperidine rings is 2. The first kappa shape index (κ1) is 6.65. The number of hydroxylamine groups is 4. The van der Waals surface area contributed by atoms with Crippen LogP contribution in [0.1, 0.15) is 148 Å². The van der Waals surface area contributed by atoms with Gasteiger partial charge in [-0.1, -0.05) is 0 Å². The summed E-state index contributed by atoms with van der Waals surface area (Å²) in [5, 5.41) is 24.8. The van der Waals surface area contributed by atoms with Crippen molar-refractivity contribution >= 4 is 11.9 Å². The summed E-state index contributed by atoms with van der Waals surface area (Å²) in [5.74, 6) is -4.68. The molecule has 0 atom stereocenters. The van der Waals surface area contributed by atoms with Crippen molar-refractivity contribution in [1.29, 1.82) is 0 Å². The molecule has 2 radical (unpaired) electrons. The van der Waals surface area contributed by atoms with E-state index in [1.807, 2.05) is 0 Å². The molecule has 188 valence electrons. The fraction of sp³-hybridized carbons (Fsp3) is 0.692. The molecule has 0 N–H and O–H groups in total. The Morgan fingerprint density at radius 1 is 0.735 bits per heavy atom. The van der Waals surface area contributed by atoms with Crippen LogP contribution in [0.2, 0.25) is 0 Å². The Bertz CT molecular complexity index is 1810. The van der Waals surface area contributed by atoms with E-state index in [1.165, 1.54) is 0 Å². The highest BCUT2D eigenvalue weighted by Crippen LogP contribution is 2.39. The van der Waals surface area contributed by atoms with Crippen molar-refractivity contribution < 1.29 is 76.1 Å². The van der Waals surface area contributed by atoms with Crippen molar-refractivity contribution in [3.8, 4) is 0 Å². The number of carbonyl (C=O) groups excluding carboxylic acids is 2. The third-order valence-electron chi connectivity index (χ3n) is 4.14. The first-order chi connectivity index (χ1) is 29.3. The average molecular weight is 509 g/mol. The molecule has 8 heteroatoms. The van der Waals surface area contributed by atoms with Crippen molar-refractivity contribution in [3.63, 3.8) is 0 Å². The van der Waals surface area contributed by atoms with Crippen molar-refractivity contribution in [2.45, 2.75) is 115 Å². The topological polar surface area (TPSA) is 98.9 Å². The maximum Gasteiger partial charge on any atom is 0.338 e. The molecule has 1 aromatic rings. The summed E-state index contributed by atoms with van der Waals surface area (Å²) >= 11 is 0. The molecule has 2 aliphatic heterocycles. The van der Waals surface area contributed by atoms with Crippen LogP contribution in [0.15, 0.2) is 24.3 Å². The standard InChI is InChI=1S/C26H38N2O6/c1-23(2)13-19(14-24(3,4)27(23)31)33-21(29)17-9-11-18(12-10-17)22(30)34-20-15-25(5,6)28(32)26(7,8)16-20/h9-12,19-20H,13-16H2,1-8H3/i1D3,2D3,3D3,4D3,5D3,6D3,7D3,8D3,13D2,14D2,15D2,16D2,19D,20D. The average Bonchev–Trinajstić information content (AvgIpc) is 3.01. The number of carbonyl (C=O) groups is 2. The third kappa shape index (κ3) is 5.46. The molecule has 0 amide bonds. The maximum absolute atomic E-state index is 14.2. The second-order valence-corrected chi connectivity index (χ2v) is 6.95. The van der Waals surface area contributed by atoms with Gasteiger partial charge in [0.1, 0.15) is 12.2 Å². The Morgan fingerprint density at radius 2 is 1.00 bits per heavy atom. The van der Waals surface area contributed by atoms with E-state index < -0.39 is 148 Å². The summed E-state index contributed by atoms with van der Waals surface area (Å²) < 4.78 is 289. The highest BCUT2D eigenvalue weighted by atomic mass is 16.6. The fourth-order valence-corrected chi connectivity index (χ4v) is 2.57. The smallest absolute Gasteiger partial charge is 0.338 e. The number of hydrogen-bond acceptors (Lipinski definition) is 6. The van der Waals surface area contributed by atoms with Crippen LogP contribution in [0.25, 0.3) is 0 Å². The van der Waals surface area contributed by atoms with E-state index in [2.05, 4.69) is 0 Å². The minimum atomic E-state index is -5.10. The lowest BCUT2D eigenvalue weighted by Crippen LogP contribution is -2.60. The quantitative estimate of drug-likeness (QED) is 0.545. The summed E-state index contributed by atoms with van der Waals surface area (Å²) in [7, 11) is 0. The molecular weight excluding hydrogens is 436 g/mol. The number of hydrogen-bond donors (Lipinski definition) is 0. The molecule has 0 aromatic heterocycles. The van der Waals surface area contributed by atoms with Crippen LogP contribution in [-0.4, -0.2) is 56.4 Å². The van der Waals surface area contributed by atoms with E-state index in [-0.39, 0.29) is 24.3 Å². The van der Waals surface area contributed by atoms with E-state index in [0.717, 1.165) is 0 Å². The van der Waals surface area contributed by atoms with Crippen molar-refractivity contribution in [3.05, 3.63) is 35.4 Å². The molecule has 0 aliphatic carbocycles. The monoisotopic (exact) mass is 508 g/mol. The van der Waals surface area contributed by atoms with E-state index in [1.54, 1.807) is 0 Å². The molecule has 3 rings (SSSR count). The summed E-state index contributed by atoms with van der Waals surface area (Å²) in [5.41, 5.74) is -22.8. The number of benzene rings is 1. The Hall–Kier alpha value is -2.00. The molecule has 0 saturated carbocycles. The Balaban J connectivity index is 2.39. The lowest BCUT2D eigenvalue weighted by atomic mass is 9.80. The fourth-order valence-electron chi connectivity index (χ4n) is 2.57. The number of rotatable bonds is 4. The molecule has 2 heterocycles. The van der Waals surface area contributed by atoms with Gasteiger partial charge in [0.2, 0.25) is 0 Å². The van der Waals surface area contributed by atoms with Crippen LogP contribution in [0, 0.1) is 0 Å². The van der Waals surface area contributed by atoms with Gasteiger partial charge in [0.05, 0.1) is 13.9 Å². The SMILES string of the molecule is [2H]C([2H])([2H])C1(C([2H])([2H])[2H])N([O])C(C([2H])([2H])[2H])(C([2H])([2H])[2H])C([2H])([2H])C([2H])(OC(=O)c2ccc(C(=O)OC3([2H])C([2H])([2H])C(C([2H])([2H])[2H])(C([2H])([2H])[2H])N([O])C(C([2H])([2H])[2H])(C([2H])([2H])[2H])C3([2H])[2H])cc2)C1([2H])[2H]. The molecule has 8 nitrogen and oxygen atoms in total. The summed E-state index contributed by atoms with van der Waals surface area (Å²) in [6.45, 7) is -38.1. The van der Waals surface area contributed by atoms with Crippen LogP contribution in [0.4, 0.5) is 0 Å². The van der Waals surface area contributed by atoms with Gasteiger partial charge in [-0.15, -0.1) is 20.5 Å². The number of ether oxygens (including phenoxy) is 2. The summed E-state index contributed by atoms with van der Waals surface area (Å²) in [4.78, 5) is 27.5. The van der Waals surface area contributed by atoms with E-state index >= 15 is 0 Å². The van der Waals surface area contributed by atoms with Gasteiger partial charge < -0.3 is 9.47 Å². The van der Waals surface area contributed by atoms with Crippen LogP contribution in [-0.2, 0) is 19.9 Å². The molecule has 2 fully saturated rings. The van der Waals surface area contributed by atoms with Crippen LogP contribution < -0.4 is 0 Å². The molecule has 1 aromatic carbocycles. The predicted molar refractivity (Wildman–Crippen MR) is 125 cm³/mol.